The molecule has 0 atom stereocenters. The van der Waals surface area contributed by atoms with Gasteiger partial charge in [-0.05, 0) is 24.4 Å². The third-order valence-corrected chi connectivity index (χ3v) is 4.34. The third-order valence-electron chi connectivity index (χ3n) is 4.34. The molecule has 0 radical (unpaired) electrons. The average molecular weight is 340 g/mol. The van der Waals surface area contributed by atoms with E-state index in [-0.39, 0.29) is 0 Å². The predicted octanol–water partition coefficient (Wildman–Crippen LogP) is 4.22. The molecular formula is C20H24N2O3. The fourth-order valence-corrected chi connectivity index (χ4v) is 3.06. The van der Waals surface area contributed by atoms with Crippen LogP contribution in [0.2, 0.25) is 0 Å². The van der Waals surface area contributed by atoms with Crippen LogP contribution in [0.4, 0.5) is 5.69 Å². The van der Waals surface area contributed by atoms with Crippen molar-refractivity contribution in [2.45, 2.75) is 13.5 Å². The van der Waals surface area contributed by atoms with Crippen LogP contribution in [0.25, 0.3) is 10.9 Å². The molecule has 5 heteroatoms. The minimum atomic E-state index is 0.607. The number of aromatic nitrogens is 1. The Hall–Kier alpha value is -2.82. The van der Waals surface area contributed by atoms with Gasteiger partial charge in [0, 0.05) is 35.6 Å². The molecule has 2 aromatic carbocycles. The normalized spacial score (nSPS) is 10.7. The highest BCUT2D eigenvalue weighted by Gasteiger charge is 2.16. The Morgan fingerprint density at radius 2 is 1.60 bits per heavy atom. The molecule has 0 bridgehead atoms. The van der Waals surface area contributed by atoms with Crippen LogP contribution in [0.15, 0.2) is 42.5 Å². The molecule has 0 saturated carbocycles. The molecule has 0 spiro atoms. The van der Waals surface area contributed by atoms with Gasteiger partial charge in [-0.2, -0.15) is 0 Å². The van der Waals surface area contributed by atoms with Gasteiger partial charge in [0.15, 0.2) is 11.5 Å². The van der Waals surface area contributed by atoms with E-state index in [0.717, 1.165) is 30.0 Å². The van der Waals surface area contributed by atoms with Crippen LogP contribution in [-0.2, 0) is 6.54 Å². The lowest BCUT2D eigenvalue weighted by Crippen LogP contribution is -2.22. The minimum Gasteiger partial charge on any atom is -0.493 e. The van der Waals surface area contributed by atoms with Crippen LogP contribution in [0.3, 0.4) is 0 Å². The van der Waals surface area contributed by atoms with Gasteiger partial charge >= 0.3 is 0 Å². The molecule has 1 aromatic heterocycles. The molecule has 0 fully saturated rings. The van der Waals surface area contributed by atoms with Crippen LogP contribution < -0.4 is 19.1 Å². The number of fused-ring (bicyclic) bond motifs is 1. The van der Waals surface area contributed by atoms with E-state index in [1.807, 2.05) is 18.2 Å². The molecule has 0 aliphatic carbocycles. The quantitative estimate of drug-likeness (QED) is 0.699. The zero-order valence-electron chi connectivity index (χ0n) is 15.1. The summed E-state index contributed by atoms with van der Waals surface area (Å²) >= 11 is 0. The topological polar surface area (TPSA) is 46.7 Å². The largest absolute Gasteiger partial charge is 0.493 e. The summed E-state index contributed by atoms with van der Waals surface area (Å²) in [5.41, 5.74) is 3.34. The number of hydrogen-bond donors (Lipinski definition) is 1. The van der Waals surface area contributed by atoms with Crippen molar-refractivity contribution < 1.29 is 14.2 Å². The summed E-state index contributed by atoms with van der Waals surface area (Å²) in [7, 11) is 4.88. The monoisotopic (exact) mass is 340 g/mol. The third kappa shape index (κ3) is 3.36. The van der Waals surface area contributed by atoms with E-state index in [1.54, 1.807) is 21.3 Å². The lowest BCUT2D eigenvalue weighted by atomic mass is 10.2. The maximum Gasteiger partial charge on any atom is 0.203 e. The Morgan fingerprint density at radius 3 is 2.16 bits per heavy atom. The summed E-state index contributed by atoms with van der Waals surface area (Å²) in [5, 5.41) is 1.22. The number of hydrogen-bond acceptors (Lipinski definition) is 4. The van der Waals surface area contributed by atoms with E-state index in [4.69, 9.17) is 14.2 Å². The molecule has 0 amide bonds. The van der Waals surface area contributed by atoms with Crippen LogP contribution in [-0.4, -0.2) is 32.9 Å². The Kier molecular flexibility index (Phi) is 5.03. The maximum absolute atomic E-state index is 5.47. The first-order valence-corrected chi connectivity index (χ1v) is 8.31. The molecule has 0 saturated heterocycles. The SMILES string of the molecule is CCN(Cc1cc2ccccc2[nH]1)c1cc(OC)c(OC)c(OC)c1. The predicted molar refractivity (Wildman–Crippen MR) is 101 cm³/mol. The molecule has 132 valence electrons. The summed E-state index contributed by atoms with van der Waals surface area (Å²) in [6.45, 7) is 3.75. The summed E-state index contributed by atoms with van der Waals surface area (Å²) < 4.78 is 16.4. The van der Waals surface area contributed by atoms with Gasteiger partial charge in [-0.1, -0.05) is 18.2 Å². The highest BCUT2D eigenvalue weighted by atomic mass is 16.5. The summed E-state index contributed by atoms with van der Waals surface area (Å²) in [6.07, 6.45) is 0. The highest BCUT2D eigenvalue weighted by Crippen LogP contribution is 2.41. The van der Waals surface area contributed by atoms with Crippen molar-refractivity contribution in [2.24, 2.45) is 0 Å². The van der Waals surface area contributed by atoms with Crippen molar-refractivity contribution in [3.63, 3.8) is 0 Å². The van der Waals surface area contributed by atoms with Crippen molar-refractivity contribution in [1.29, 1.82) is 0 Å². The minimum absolute atomic E-state index is 0.607. The van der Waals surface area contributed by atoms with Crippen molar-refractivity contribution in [3.05, 3.63) is 48.2 Å². The van der Waals surface area contributed by atoms with Crippen molar-refractivity contribution in [2.75, 3.05) is 32.8 Å². The number of H-pyrrole nitrogens is 1. The first-order chi connectivity index (χ1) is 12.2. The summed E-state index contributed by atoms with van der Waals surface area (Å²) in [4.78, 5) is 5.74. The first-order valence-electron chi connectivity index (χ1n) is 8.31. The molecule has 1 heterocycles. The molecular weight excluding hydrogens is 316 g/mol. The molecule has 0 aliphatic rings. The van der Waals surface area contributed by atoms with E-state index in [0.29, 0.717) is 17.2 Å². The molecule has 3 aromatic rings. The standard InChI is InChI=1S/C20H24N2O3/c1-5-22(13-15-10-14-8-6-7-9-17(14)21-15)16-11-18(23-2)20(25-4)19(12-16)24-3/h6-12,21H,5,13H2,1-4H3. The van der Waals surface area contributed by atoms with E-state index in [1.165, 1.54) is 5.39 Å². The van der Waals surface area contributed by atoms with Crippen LogP contribution >= 0.6 is 0 Å². The van der Waals surface area contributed by atoms with Crippen molar-refractivity contribution in [3.8, 4) is 17.2 Å². The van der Waals surface area contributed by atoms with Gasteiger partial charge in [0.05, 0.1) is 27.9 Å². The van der Waals surface area contributed by atoms with Gasteiger partial charge < -0.3 is 24.1 Å². The first kappa shape index (κ1) is 17.0. The smallest absolute Gasteiger partial charge is 0.203 e. The van der Waals surface area contributed by atoms with Gasteiger partial charge in [-0.25, -0.2) is 0 Å². The molecule has 25 heavy (non-hydrogen) atoms. The number of methoxy groups -OCH3 is 3. The summed E-state index contributed by atoms with van der Waals surface area (Å²) in [5.74, 6) is 1.93. The van der Waals surface area contributed by atoms with Crippen LogP contribution in [0.5, 0.6) is 17.2 Å². The Bertz CT molecular complexity index is 799. The summed E-state index contributed by atoms with van der Waals surface area (Å²) in [6, 6.07) is 14.5. The highest BCUT2D eigenvalue weighted by molar-refractivity contribution is 5.80. The molecule has 1 N–H and O–H groups in total. The van der Waals surface area contributed by atoms with Gasteiger partial charge in [0.2, 0.25) is 5.75 Å². The number of para-hydroxylation sites is 1. The number of ether oxygens (including phenoxy) is 3. The second-order valence-corrected chi connectivity index (χ2v) is 5.78. The number of nitrogens with one attached hydrogen (secondary N) is 1. The Balaban J connectivity index is 1.94. The van der Waals surface area contributed by atoms with Gasteiger partial charge in [0.1, 0.15) is 0 Å². The lowest BCUT2D eigenvalue weighted by molar-refractivity contribution is 0.324. The number of anilines is 1. The Labute approximate surface area is 148 Å². The fraction of sp³-hybridized carbons (Fsp3) is 0.300. The molecule has 3 rings (SSSR count). The van der Waals surface area contributed by atoms with Crippen molar-refractivity contribution in [1.82, 2.24) is 4.98 Å². The Morgan fingerprint density at radius 1 is 0.920 bits per heavy atom. The zero-order valence-corrected chi connectivity index (χ0v) is 15.1. The second-order valence-electron chi connectivity index (χ2n) is 5.78. The van der Waals surface area contributed by atoms with E-state index < -0.39 is 0 Å². The van der Waals surface area contributed by atoms with Gasteiger partial charge in [-0.15, -0.1) is 0 Å². The number of aromatic amines is 1. The van der Waals surface area contributed by atoms with Crippen LogP contribution in [0, 0.1) is 0 Å². The average Bonchev–Trinajstić information content (AvgIpc) is 3.07. The number of benzene rings is 2. The van der Waals surface area contributed by atoms with Crippen LogP contribution in [0.1, 0.15) is 12.6 Å². The lowest BCUT2D eigenvalue weighted by Gasteiger charge is -2.24. The van der Waals surface area contributed by atoms with Crippen molar-refractivity contribution >= 4 is 16.6 Å². The van der Waals surface area contributed by atoms with E-state index in [9.17, 15) is 0 Å². The molecule has 5 nitrogen and oxygen atoms in total. The zero-order chi connectivity index (χ0) is 17.8. The molecule has 0 aliphatic heterocycles. The number of nitrogens with zero attached hydrogens (tertiary/aromatic N) is 1. The second kappa shape index (κ2) is 7.38. The maximum atomic E-state index is 5.47. The molecule has 0 unspecified atom stereocenters. The van der Waals surface area contributed by atoms with E-state index >= 15 is 0 Å². The van der Waals surface area contributed by atoms with Gasteiger partial charge in [0.25, 0.3) is 0 Å². The van der Waals surface area contributed by atoms with E-state index in [2.05, 4.69) is 41.1 Å². The number of rotatable bonds is 7. The van der Waals surface area contributed by atoms with Gasteiger partial charge in [-0.3, -0.25) is 0 Å². The fourth-order valence-electron chi connectivity index (χ4n) is 3.06.